The van der Waals surface area contributed by atoms with Gasteiger partial charge in [-0.1, -0.05) is 72.9 Å². The lowest BCUT2D eigenvalue weighted by Crippen LogP contribution is -1.92. The summed E-state index contributed by atoms with van der Waals surface area (Å²) < 4.78 is 0. The van der Waals surface area contributed by atoms with Crippen molar-refractivity contribution < 1.29 is 0 Å². The van der Waals surface area contributed by atoms with Crippen LogP contribution in [-0.4, -0.2) is 0 Å². The Morgan fingerprint density at radius 2 is 1.70 bits per heavy atom. The van der Waals surface area contributed by atoms with E-state index in [-0.39, 0.29) is 0 Å². The Labute approximate surface area is 120 Å². The van der Waals surface area contributed by atoms with E-state index in [2.05, 4.69) is 72.9 Å². The number of hydrogen-bond donors (Lipinski definition) is 0. The van der Waals surface area contributed by atoms with Crippen LogP contribution in [0, 0.1) is 11.8 Å². The van der Waals surface area contributed by atoms with E-state index in [1.807, 2.05) is 0 Å². The zero-order valence-corrected chi connectivity index (χ0v) is 11.5. The normalized spacial score (nSPS) is 26.6. The molecule has 0 nitrogen and oxygen atoms in total. The van der Waals surface area contributed by atoms with Gasteiger partial charge in [0.05, 0.1) is 0 Å². The maximum atomic E-state index is 2.34. The number of allylic oxidation sites excluding steroid dienone is 10. The highest BCUT2D eigenvalue weighted by atomic mass is 14.4. The van der Waals surface area contributed by atoms with E-state index in [0.717, 1.165) is 18.3 Å². The van der Waals surface area contributed by atoms with Crippen LogP contribution in [0.25, 0.3) is 11.1 Å². The highest BCUT2D eigenvalue weighted by Crippen LogP contribution is 2.51. The lowest BCUT2D eigenvalue weighted by atomic mass is 9.94. The molecule has 0 amide bonds. The van der Waals surface area contributed by atoms with E-state index in [1.165, 1.54) is 28.7 Å². The molecule has 0 heterocycles. The SMILES string of the molecule is C1=CCC=CC(c2ccc(C3=CC=CC4CC34)cc2)=C1. The number of rotatable bonds is 2. The van der Waals surface area contributed by atoms with Crippen molar-refractivity contribution >= 4 is 11.1 Å². The maximum absolute atomic E-state index is 2.34. The summed E-state index contributed by atoms with van der Waals surface area (Å²) in [5.74, 6) is 1.60. The number of fused-ring (bicyclic) bond motifs is 1. The first-order chi connectivity index (χ1) is 9.92. The molecule has 1 aromatic carbocycles. The van der Waals surface area contributed by atoms with Gasteiger partial charge in [0.25, 0.3) is 0 Å². The van der Waals surface area contributed by atoms with Crippen LogP contribution in [0.2, 0.25) is 0 Å². The van der Waals surface area contributed by atoms with E-state index in [1.54, 1.807) is 0 Å². The minimum Gasteiger partial charge on any atom is -0.0808 e. The van der Waals surface area contributed by atoms with Crippen LogP contribution in [0.3, 0.4) is 0 Å². The first-order valence-electron chi connectivity index (χ1n) is 7.44. The molecule has 1 saturated carbocycles. The molecule has 4 rings (SSSR count). The van der Waals surface area contributed by atoms with Crippen LogP contribution >= 0.6 is 0 Å². The molecule has 2 unspecified atom stereocenters. The molecule has 0 bridgehead atoms. The van der Waals surface area contributed by atoms with Gasteiger partial charge in [-0.05, 0) is 47.0 Å². The summed E-state index contributed by atoms with van der Waals surface area (Å²) in [4.78, 5) is 0. The van der Waals surface area contributed by atoms with Crippen LogP contribution in [0.4, 0.5) is 0 Å². The van der Waals surface area contributed by atoms with Crippen molar-refractivity contribution in [3.8, 4) is 0 Å². The van der Waals surface area contributed by atoms with Crippen molar-refractivity contribution in [3.05, 3.63) is 84.0 Å². The highest BCUT2D eigenvalue weighted by Gasteiger charge is 2.39. The van der Waals surface area contributed by atoms with Gasteiger partial charge < -0.3 is 0 Å². The Bertz CT molecular complexity index is 662. The lowest BCUT2D eigenvalue weighted by molar-refractivity contribution is 0.999. The van der Waals surface area contributed by atoms with Gasteiger partial charge in [0, 0.05) is 0 Å². The van der Waals surface area contributed by atoms with E-state index in [9.17, 15) is 0 Å². The third kappa shape index (κ3) is 2.12. The van der Waals surface area contributed by atoms with Crippen LogP contribution in [0.15, 0.2) is 72.9 Å². The molecule has 0 N–H and O–H groups in total. The summed E-state index contributed by atoms with van der Waals surface area (Å²) in [5, 5.41) is 0. The Hall–Kier alpha value is -2.08. The fourth-order valence-corrected chi connectivity index (χ4v) is 3.15. The van der Waals surface area contributed by atoms with Gasteiger partial charge >= 0.3 is 0 Å². The smallest absolute Gasteiger partial charge is 0.00869 e. The van der Waals surface area contributed by atoms with Crippen molar-refractivity contribution in [2.24, 2.45) is 11.8 Å². The monoisotopic (exact) mass is 258 g/mol. The second kappa shape index (κ2) is 4.79. The number of benzene rings is 1. The van der Waals surface area contributed by atoms with Crippen LogP contribution < -0.4 is 0 Å². The molecule has 0 heteroatoms. The van der Waals surface area contributed by atoms with Crippen molar-refractivity contribution in [2.75, 3.05) is 0 Å². The summed E-state index contributed by atoms with van der Waals surface area (Å²) in [7, 11) is 0. The van der Waals surface area contributed by atoms with E-state index in [4.69, 9.17) is 0 Å². The molecular formula is C20H18. The average Bonchev–Trinajstić information content (AvgIpc) is 3.30. The molecule has 0 aliphatic heterocycles. The topological polar surface area (TPSA) is 0 Å². The first kappa shape index (κ1) is 11.7. The van der Waals surface area contributed by atoms with E-state index >= 15 is 0 Å². The molecule has 1 fully saturated rings. The standard InChI is InChI=1S/C20H18/c1-2-4-7-15(6-3-1)16-10-12-17(13-11-16)19-9-5-8-18-14-20(18)19/h1,3-13,18,20H,2,14H2. The van der Waals surface area contributed by atoms with Crippen molar-refractivity contribution in [2.45, 2.75) is 12.8 Å². The van der Waals surface area contributed by atoms with Crippen molar-refractivity contribution in [1.29, 1.82) is 0 Å². The second-order valence-corrected chi connectivity index (χ2v) is 5.78. The third-order valence-electron chi connectivity index (χ3n) is 4.41. The molecule has 2 atom stereocenters. The molecule has 0 radical (unpaired) electrons. The fourth-order valence-electron chi connectivity index (χ4n) is 3.15. The maximum Gasteiger partial charge on any atom is -0.00869 e. The van der Waals surface area contributed by atoms with Crippen LogP contribution in [0.1, 0.15) is 24.0 Å². The van der Waals surface area contributed by atoms with Crippen LogP contribution in [0.5, 0.6) is 0 Å². The molecular weight excluding hydrogens is 240 g/mol. The second-order valence-electron chi connectivity index (χ2n) is 5.78. The minimum atomic E-state index is 0.783. The van der Waals surface area contributed by atoms with Gasteiger partial charge in [-0.25, -0.2) is 0 Å². The Morgan fingerprint density at radius 1 is 0.850 bits per heavy atom. The summed E-state index contributed by atoms with van der Waals surface area (Å²) in [6, 6.07) is 9.06. The van der Waals surface area contributed by atoms with Gasteiger partial charge in [0.15, 0.2) is 0 Å². The molecule has 20 heavy (non-hydrogen) atoms. The third-order valence-corrected chi connectivity index (χ3v) is 4.41. The van der Waals surface area contributed by atoms with Gasteiger partial charge in [-0.2, -0.15) is 0 Å². The molecule has 0 saturated heterocycles. The van der Waals surface area contributed by atoms with E-state index in [0.29, 0.717) is 0 Å². The summed E-state index contributed by atoms with van der Waals surface area (Å²) in [6.07, 6.45) is 20.2. The summed E-state index contributed by atoms with van der Waals surface area (Å²) >= 11 is 0. The molecule has 3 aliphatic rings. The largest absolute Gasteiger partial charge is 0.0808 e. The average molecular weight is 258 g/mol. The van der Waals surface area contributed by atoms with E-state index < -0.39 is 0 Å². The summed E-state index contributed by atoms with van der Waals surface area (Å²) in [5.41, 5.74) is 5.51. The van der Waals surface area contributed by atoms with Gasteiger partial charge in [0.2, 0.25) is 0 Å². The van der Waals surface area contributed by atoms with Crippen molar-refractivity contribution in [1.82, 2.24) is 0 Å². The highest BCUT2D eigenvalue weighted by molar-refractivity contribution is 5.78. The first-order valence-corrected chi connectivity index (χ1v) is 7.44. The van der Waals surface area contributed by atoms with Crippen molar-refractivity contribution in [3.63, 3.8) is 0 Å². The minimum absolute atomic E-state index is 0.783. The zero-order chi connectivity index (χ0) is 13.4. The predicted molar refractivity (Wildman–Crippen MR) is 86.0 cm³/mol. The Balaban J connectivity index is 1.63. The van der Waals surface area contributed by atoms with Gasteiger partial charge in [0.1, 0.15) is 0 Å². The lowest BCUT2D eigenvalue weighted by Gasteiger charge is -2.10. The van der Waals surface area contributed by atoms with Gasteiger partial charge in [-0.3, -0.25) is 0 Å². The number of hydrogen-bond acceptors (Lipinski definition) is 0. The molecule has 0 spiro atoms. The Kier molecular flexibility index (Phi) is 2.81. The van der Waals surface area contributed by atoms with Gasteiger partial charge in [-0.15, -0.1) is 0 Å². The molecule has 1 aromatic rings. The summed E-state index contributed by atoms with van der Waals surface area (Å²) in [6.45, 7) is 0. The Morgan fingerprint density at radius 3 is 2.60 bits per heavy atom. The quantitative estimate of drug-likeness (QED) is 0.686. The van der Waals surface area contributed by atoms with Crippen LogP contribution in [-0.2, 0) is 0 Å². The molecule has 3 aliphatic carbocycles. The zero-order valence-electron chi connectivity index (χ0n) is 11.5. The fraction of sp³-hybridized carbons (Fsp3) is 0.200. The predicted octanol–water partition coefficient (Wildman–Crippen LogP) is 5.18. The molecule has 98 valence electrons. The molecule has 0 aromatic heterocycles.